The Bertz CT molecular complexity index is 1110. The van der Waals surface area contributed by atoms with Crippen LogP contribution in [0.5, 0.6) is 11.5 Å². The third-order valence-corrected chi connectivity index (χ3v) is 8.76. The Morgan fingerprint density at radius 3 is 2.62 bits per heavy atom. The number of carbonyl (C=O) groups excluding carboxylic acids is 1. The van der Waals surface area contributed by atoms with E-state index in [-0.39, 0.29) is 12.1 Å². The van der Waals surface area contributed by atoms with Gasteiger partial charge in [-0.3, -0.25) is 4.79 Å². The second-order valence-electron chi connectivity index (χ2n) is 11.2. The van der Waals surface area contributed by atoms with Gasteiger partial charge in [0, 0.05) is 18.6 Å². The highest BCUT2D eigenvalue weighted by molar-refractivity contribution is 5.86. The number of carbonyl (C=O) groups is 1. The monoisotopic (exact) mass is 503 g/mol. The van der Waals surface area contributed by atoms with E-state index in [9.17, 15) is 4.79 Å². The van der Waals surface area contributed by atoms with Crippen molar-refractivity contribution in [3.8, 4) is 11.5 Å². The summed E-state index contributed by atoms with van der Waals surface area (Å²) < 4.78 is 12.4. The molecule has 5 nitrogen and oxygen atoms in total. The number of hydrogen-bond acceptors (Lipinski definition) is 5. The lowest BCUT2D eigenvalue weighted by atomic mass is 9.55. The van der Waals surface area contributed by atoms with Gasteiger partial charge in [0.15, 0.2) is 0 Å². The molecule has 0 N–H and O–H groups in total. The Morgan fingerprint density at radius 1 is 1.05 bits per heavy atom. The largest absolute Gasteiger partial charge is 0.491 e. The molecule has 2 fully saturated rings. The first-order chi connectivity index (χ1) is 18.0. The van der Waals surface area contributed by atoms with Gasteiger partial charge in [-0.1, -0.05) is 48.3 Å². The van der Waals surface area contributed by atoms with Crippen LogP contribution in [0, 0.1) is 11.8 Å². The molecule has 0 heterocycles. The molecule has 0 aliphatic heterocycles. The molecule has 0 aromatic heterocycles. The Labute approximate surface area is 221 Å². The Kier molecular flexibility index (Phi) is 8.17. The molecule has 0 amide bonds. The topological polar surface area (TPSA) is 57.1 Å². The number of oxime groups is 1. The summed E-state index contributed by atoms with van der Waals surface area (Å²) in [7, 11) is 1.62. The van der Waals surface area contributed by atoms with Gasteiger partial charge in [0.25, 0.3) is 0 Å². The van der Waals surface area contributed by atoms with Crippen molar-refractivity contribution in [2.24, 2.45) is 17.0 Å². The van der Waals surface area contributed by atoms with E-state index in [4.69, 9.17) is 14.3 Å². The summed E-state index contributed by atoms with van der Waals surface area (Å²) in [6, 6.07) is 14.9. The van der Waals surface area contributed by atoms with Crippen molar-refractivity contribution in [2.45, 2.75) is 96.0 Å². The fraction of sp³-hybridized carbons (Fsp3) is 0.562. The average molecular weight is 504 g/mol. The summed E-state index contributed by atoms with van der Waals surface area (Å²) in [5.74, 6) is 3.34. The van der Waals surface area contributed by atoms with E-state index < -0.39 is 0 Å². The van der Waals surface area contributed by atoms with Crippen molar-refractivity contribution >= 4 is 11.7 Å². The first kappa shape index (κ1) is 25.8. The minimum atomic E-state index is -0.279. The number of esters is 1. The van der Waals surface area contributed by atoms with Gasteiger partial charge >= 0.3 is 5.97 Å². The highest BCUT2D eigenvalue weighted by atomic mass is 16.6. The number of ether oxygens (including phenoxy) is 2. The van der Waals surface area contributed by atoms with Crippen LogP contribution in [-0.2, 0) is 16.1 Å². The first-order valence-electron chi connectivity index (χ1n) is 14.2. The van der Waals surface area contributed by atoms with E-state index in [1.54, 1.807) is 7.11 Å². The minimum absolute atomic E-state index is 0.0838. The van der Waals surface area contributed by atoms with Crippen LogP contribution in [0.15, 0.2) is 47.6 Å². The van der Waals surface area contributed by atoms with Crippen molar-refractivity contribution in [3.05, 3.63) is 59.2 Å². The average Bonchev–Trinajstić information content (AvgIpc) is 2.89. The van der Waals surface area contributed by atoms with E-state index >= 15 is 0 Å². The zero-order valence-corrected chi connectivity index (χ0v) is 22.6. The second-order valence-corrected chi connectivity index (χ2v) is 11.2. The highest BCUT2D eigenvalue weighted by Gasteiger charge is 2.47. The normalized spacial score (nSPS) is 26.4. The SMILES string of the molecule is CON=C1CCC2C(C1)c1c(OC(C)=O)cc(OC(C)CCCc3ccccc3)cc1C1CCCCC12. The Hall–Kier alpha value is -2.82. The number of fused-ring (bicyclic) bond motifs is 6. The summed E-state index contributed by atoms with van der Waals surface area (Å²) in [5.41, 5.74) is 5.04. The quantitative estimate of drug-likeness (QED) is 0.212. The minimum Gasteiger partial charge on any atom is -0.491 e. The van der Waals surface area contributed by atoms with E-state index in [0.29, 0.717) is 29.4 Å². The second kappa shape index (κ2) is 11.7. The van der Waals surface area contributed by atoms with Gasteiger partial charge in [-0.25, -0.2) is 0 Å². The summed E-state index contributed by atoms with van der Waals surface area (Å²) in [4.78, 5) is 17.4. The zero-order valence-electron chi connectivity index (χ0n) is 22.6. The molecule has 198 valence electrons. The molecular formula is C32H41NO4. The fourth-order valence-electron chi connectivity index (χ4n) is 7.30. The molecule has 2 aromatic carbocycles. The molecule has 0 radical (unpaired) electrons. The predicted octanol–water partition coefficient (Wildman–Crippen LogP) is 7.58. The van der Waals surface area contributed by atoms with Crippen LogP contribution in [0.1, 0.15) is 100 Å². The highest BCUT2D eigenvalue weighted by Crippen LogP contribution is 2.59. The number of hydrogen-bond donors (Lipinski definition) is 0. The van der Waals surface area contributed by atoms with Gasteiger partial charge in [-0.15, -0.1) is 0 Å². The van der Waals surface area contributed by atoms with Crippen LogP contribution in [0.25, 0.3) is 0 Å². The van der Waals surface area contributed by atoms with Gasteiger partial charge in [-0.05, 0) is 99.2 Å². The lowest BCUT2D eigenvalue weighted by molar-refractivity contribution is -0.132. The van der Waals surface area contributed by atoms with Crippen LogP contribution >= 0.6 is 0 Å². The molecule has 0 bridgehead atoms. The summed E-state index contributed by atoms with van der Waals surface area (Å²) in [5, 5.41) is 4.33. The van der Waals surface area contributed by atoms with Gasteiger partial charge in [-0.2, -0.15) is 0 Å². The van der Waals surface area contributed by atoms with E-state index in [1.165, 1.54) is 49.3 Å². The molecular weight excluding hydrogens is 462 g/mol. The van der Waals surface area contributed by atoms with Crippen LogP contribution < -0.4 is 9.47 Å². The number of nitrogens with zero attached hydrogens (tertiary/aromatic N) is 1. The smallest absolute Gasteiger partial charge is 0.308 e. The molecule has 2 aromatic rings. The van der Waals surface area contributed by atoms with Gasteiger partial charge in [0.1, 0.15) is 18.6 Å². The molecule has 0 saturated heterocycles. The Morgan fingerprint density at radius 2 is 1.84 bits per heavy atom. The number of rotatable bonds is 8. The van der Waals surface area contributed by atoms with Crippen molar-refractivity contribution in [3.63, 3.8) is 0 Å². The fourth-order valence-corrected chi connectivity index (χ4v) is 7.30. The van der Waals surface area contributed by atoms with Crippen LogP contribution in [0.2, 0.25) is 0 Å². The van der Waals surface area contributed by atoms with Crippen molar-refractivity contribution < 1.29 is 19.1 Å². The lowest BCUT2D eigenvalue weighted by Gasteiger charge is -2.49. The molecule has 5 heteroatoms. The molecule has 5 rings (SSSR count). The standard InChI is InChI=1S/C32H41NO4/c1-21(10-9-13-23-11-5-4-6-12-23)36-25-19-30-27-15-8-7-14-26(27)28-17-16-24(33-35-3)18-29(28)32(30)31(20-25)37-22(2)34/h4-6,11-12,19-21,26-29H,7-10,13-18H2,1-3H3. The number of aryl methyl sites for hydroxylation is 1. The molecule has 5 atom stereocenters. The van der Waals surface area contributed by atoms with Gasteiger partial charge in [0.05, 0.1) is 11.8 Å². The first-order valence-corrected chi connectivity index (χ1v) is 14.2. The maximum Gasteiger partial charge on any atom is 0.308 e. The van der Waals surface area contributed by atoms with Crippen molar-refractivity contribution in [1.29, 1.82) is 0 Å². The van der Waals surface area contributed by atoms with Gasteiger partial charge in [0.2, 0.25) is 0 Å². The number of benzene rings is 2. The molecule has 3 aliphatic rings. The van der Waals surface area contributed by atoms with Crippen molar-refractivity contribution in [1.82, 2.24) is 0 Å². The molecule has 0 spiro atoms. The molecule has 3 aliphatic carbocycles. The maximum absolute atomic E-state index is 12.2. The van der Waals surface area contributed by atoms with E-state index in [1.807, 2.05) is 6.07 Å². The summed E-state index contributed by atoms with van der Waals surface area (Å²) in [6.07, 6.45) is 11.2. The third kappa shape index (κ3) is 5.86. The third-order valence-electron chi connectivity index (χ3n) is 8.76. The van der Waals surface area contributed by atoms with E-state index in [0.717, 1.165) is 50.0 Å². The Balaban J connectivity index is 1.42. The van der Waals surface area contributed by atoms with Crippen LogP contribution in [0.3, 0.4) is 0 Å². The lowest BCUT2D eigenvalue weighted by Crippen LogP contribution is -2.39. The zero-order chi connectivity index (χ0) is 25.8. The van der Waals surface area contributed by atoms with E-state index in [2.05, 4.69) is 48.5 Å². The van der Waals surface area contributed by atoms with Crippen molar-refractivity contribution in [2.75, 3.05) is 7.11 Å². The predicted molar refractivity (Wildman–Crippen MR) is 146 cm³/mol. The van der Waals surface area contributed by atoms with Crippen LogP contribution in [-0.4, -0.2) is 24.9 Å². The molecule has 2 saturated carbocycles. The summed E-state index contributed by atoms with van der Waals surface area (Å²) >= 11 is 0. The van der Waals surface area contributed by atoms with Crippen LogP contribution in [0.4, 0.5) is 0 Å². The molecule has 37 heavy (non-hydrogen) atoms. The molecule has 5 unspecified atom stereocenters. The van der Waals surface area contributed by atoms with Gasteiger partial charge < -0.3 is 14.3 Å². The maximum atomic E-state index is 12.2. The summed E-state index contributed by atoms with van der Waals surface area (Å²) in [6.45, 7) is 3.64.